The smallest absolute Gasteiger partial charge is 0.120 e. The predicted octanol–water partition coefficient (Wildman–Crippen LogP) is 5.87. The van der Waals surface area contributed by atoms with E-state index in [1.807, 2.05) is 42.5 Å². The highest BCUT2D eigenvalue weighted by Gasteiger charge is 2.02. The predicted molar refractivity (Wildman–Crippen MR) is 111 cm³/mol. The van der Waals surface area contributed by atoms with E-state index in [4.69, 9.17) is 32.7 Å². The van der Waals surface area contributed by atoms with Gasteiger partial charge in [0.1, 0.15) is 18.1 Å². The summed E-state index contributed by atoms with van der Waals surface area (Å²) in [5.74, 6) is 1.69. The fourth-order valence-electron chi connectivity index (χ4n) is 2.64. The van der Waals surface area contributed by atoms with E-state index in [1.165, 1.54) is 5.56 Å². The van der Waals surface area contributed by atoms with Crippen LogP contribution < -0.4 is 14.8 Å². The van der Waals surface area contributed by atoms with Crippen LogP contribution in [0.3, 0.4) is 0 Å². The van der Waals surface area contributed by atoms with Gasteiger partial charge < -0.3 is 14.8 Å². The van der Waals surface area contributed by atoms with E-state index in [1.54, 1.807) is 13.2 Å². The van der Waals surface area contributed by atoms with Gasteiger partial charge in [-0.25, -0.2) is 0 Å². The van der Waals surface area contributed by atoms with Crippen LogP contribution in [0, 0.1) is 0 Å². The van der Waals surface area contributed by atoms with Crippen molar-refractivity contribution in [3.8, 4) is 11.5 Å². The minimum absolute atomic E-state index is 0.444. The first-order chi connectivity index (χ1) is 13.1. The van der Waals surface area contributed by atoms with Crippen LogP contribution in [0.1, 0.15) is 16.7 Å². The molecule has 0 radical (unpaired) electrons. The van der Waals surface area contributed by atoms with Gasteiger partial charge in [-0.3, -0.25) is 0 Å². The zero-order valence-corrected chi connectivity index (χ0v) is 16.6. The van der Waals surface area contributed by atoms with Crippen molar-refractivity contribution < 1.29 is 9.47 Å². The Labute approximate surface area is 169 Å². The second-order valence-corrected chi connectivity index (χ2v) is 6.95. The van der Waals surface area contributed by atoms with Crippen molar-refractivity contribution in [1.82, 2.24) is 5.32 Å². The number of methoxy groups -OCH3 is 1. The van der Waals surface area contributed by atoms with Crippen LogP contribution in [0.25, 0.3) is 0 Å². The van der Waals surface area contributed by atoms with Crippen molar-refractivity contribution in [3.63, 3.8) is 0 Å². The molecule has 3 aromatic rings. The van der Waals surface area contributed by atoms with Crippen molar-refractivity contribution in [3.05, 3.63) is 93.5 Å². The van der Waals surface area contributed by atoms with Gasteiger partial charge in [-0.15, -0.1) is 0 Å². The second-order valence-electron chi connectivity index (χ2n) is 6.14. The molecule has 0 saturated heterocycles. The third kappa shape index (κ3) is 5.90. The lowest BCUT2D eigenvalue weighted by Crippen LogP contribution is -2.12. The number of hydrogen-bond acceptors (Lipinski definition) is 3. The fourth-order valence-corrected chi connectivity index (χ4v) is 2.96. The summed E-state index contributed by atoms with van der Waals surface area (Å²) < 4.78 is 11.0. The van der Waals surface area contributed by atoms with Crippen LogP contribution in [-0.4, -0.2) is 7.11 Å². The molecule has 0 aliphatic heterocycles. The Hall–Kier alpha value is -2.20. The van der Waals surface area contributed by atoms with E-state index < -0.39 is 0 Å². The monoisotopic (exact) mass is 401 g/mol. The van der Waals surface area contributed by atoms with Crippen molar-refractivity contribution in [1.29, 1.82) is 0 Å². The lowest BCUT2D eigenvalue weighted by Gasteiger charge is -2.10. The van der Waals surface area contributed by atoms with Gasteiger partial charge in [0, 0.05) is 13.1 Å². The van der Waals surface area contributed by atoms with Gasteiger partial charge in [-0.05, 0) is 53.1 Å². The maximum atomic E-state index is 6.04. The van der Waals surface area contributed by atoms with Gasteiger partial charge in [0.2, 0.25) is 0 Å². The molecule has 0 unspecified atom stereocenters. The highest BCUT2D eigenvalue weighted by molar-refractivity contribution is 6.42. The normalized spacial score (nSPS) is 10.6. The van der Waals surface area contributed by atoms with Crippen LogP contribution in [0.5, 0.6) is 11.5 Å². The Kier molecular flexibility index (Phi) is 6.99. The summed E-state index contributed by atoms with van der Waals surface area (Å²) in [5, 5.41) is 4.52. The molecular formula is C22H21Cl2NO2. The molecule has 140 valence electrons. The van der Waals surface area contributed by atoms with Crippen LogP contribution in [0.2, 0.25) is 10.0 Å². The Morgan fingerprint density at radius 2 is 1.48 bits per heavy atom. The SMILES string of the molecule is COc1ccc(CNCc2cccc(OCc3ccc(Cl)c(Cl)c3)c2)cc1. The maximum Gasteiger partial charge on any atom is 0.120 e. The van der Waals surface area contributed by atoms with Crippen LogP contribution in [0.4, 0.5) is 0 Å². The fraction of sp³-hybridized carbons (Fsp3) is 0.182. The lowest BCUT2D eigenvalue weighted by molar-refractivity contribution is 0.306. The third-order valence-electron chi connectivity index (χ3n) is 4.11. The van der Waals surface area contributed by atoms with E-state index >= 15 is 0 Å². The van der Waals surface area contributed by atoms with Gasteiger partial charge in [0.05, 0.1) is 17.2 Å². The Morgan fingerprint density at radius 3 is 2.22 bits per heavy atom. The first-order valence-corrected chi connectivity index (χ1v) is 9.39. The molecule has 0 aromatic heterocycles. The van der Waals surface area contributed by atoms with Crippen molar-refractivity contribution >= 4 is 23.2 Å². The molecule has 0 fully saturated rings. The van der Waals surface area contributed by atoms with E-state index in [0.29, 0.717) is 16.7 Å². The van der Waals surface area contributed by atoms with E-state index in [2.05, 4.69) is 23.5 Å². The van der Waals surface area contributed by atoms with Crippen LogP contribution >= 0.6 is 23.2 Å². The van der Waals surface area contributed by atoms with E-state index in [9.17, 15) is 0 Å². The number of halogens is 2. The summed E-state index contributed by atoms with van der Waals surface area (Å²) in [4.78, 5) is 0. The quantitative estimate of drug-likeness (QED) is 0.511. The number of ether oxygens (including phenoxy) is 2. The van der Waals surface area contributed by atoms with Crippen molar-refractivity contribution in [2.45, 2.75) is 19.7 Å². The highest BCUT2D eigenvalue weighted by atomic mass is 35.5. The summed E-state index contributed by atoms with van der Waals surface area (Å²) in [5.41, 5.74) is 3.35. The average molecular weight is 402 g/mol. The molecule has 1 N–H and O–H groups in total. The standard InChI is InChI=1S/C22H21Cl2NO2/c1-26-19-8-5-16(6-9-19)13-25-14-17-3-2-4-20(11-17)27-15-18-7-10-21(23)22(24)12-18/h2-12,25H,13-15H2,1H3. The van der Waals surface area contributed by atoms with Crippen molar-refractivity contribution in [2.75, 3.05) is 7.11 Å². The summed E-state index contributed by atoms with van der Waals surface area (Å²) in [6.07, 6.45) is 0. The first kappa shape index (κ1) is 19.6. The zero-order chi connectivity index (χ0) is 19.1. The number of hydrogen-bond donors (Lipinski definition) is 1. The molecular weight excluding hydrogens is 381 g/mol. The van der Waals surface area contributed by atoms with E-state index in [0.717, 1.165) is 35.7 Å². The Bertz CT molecular complexity index is 882. The van der Waals surface area contributed by atoms with E-state index in [-0.39, 0.29) is 0 Å². The largest absolute Gasteiger partial charge is 0.497 e. The summed E-state index contributed by atoms with van der Waals surface area (Å²) in [6, 6.07) is 21.6. The number of rotatable bonds is 8. The molecule has 3 nitrogen and oxygen atoms in total. The molecule has 0 saturated carbocycles. The molecule has 0 atom stereocenters. The average Bonchev–Trinajstić information content (AvgIpc) is 2.70. The number of nitrogens with one attached hydrogen (secondary N) is 1. The molecule has 0 bridgehead atoms. The summed E-state index contributed by atoms with van der Waals surface area (Å²) in [7, 11) is 1.67. The molecule has 0 spiro atoms. The first-order valence-electron chi connectivity index (χ1n) is 8.63. The Morgan fingerprint density at radius 1 is 0.741 bits per heavy atom. The van der Waals surface area contributed by atoms with Gasteiger partial charge in [-0.1, -0.05) is 53.5 Å². The maximum absolute atomic E-state index is 6.04. The second kappa shape index (κ2) is 9.65. The minimum Gasteiger partial charge on any atom is -0.497 e. The minimum atomic E-state index is 0.444. The molecule has 0 amide bonds. The lowest BCUT2D eigenvalue weighted by atomic mass is 10.2. The van der Waals surface area contributed by atoms with Gasteiger partial charge in [0.15, 0.2) is 0 Å². The summed E-state index contributed by atoms with van der Waals surface area (Å²) in [6.45, 7) is 1.99. The van der Waals surface area contributed by atoms with Gasteiger partial charge in [-0.2, -0.15) is 0 Å². The van der Waals surface area contributed by atoms with Gasteiger partial charge in [0.25, 0.3) is 0 Å². The third-order valence-corrected chi connectivity index (χ3v) is 4.84. The summed E-state index contributed by atoms with van der Waals surface area (Å²) >= 11 is 12.0. The molecule has 5 heteroatoms. The number of benzene rings is 3. The van der Waals surface area contributed by atoms with Crippen LogP contribution in [0.15, 0.2) is 66.7 Å². The highest BCUT2D eigenvalue weighted by Crippen LogP contribution is 2.23. The molecule has 0 aliphatic rings. The van der Waals surface area contributed by atoms with Gasteiger partial charge >= 0.3 is 0 Å². The Balaban J connectivity index is 1.51. The zero-order valence-electron chi connectivity index (χ0n) is 15.0. The van der Waals surface area contributed by atoms with Crippen LogP contribution in [-0.2, 0) is 19.7 Å². The molecule has 27 heavy (non-hydrogen) atoms. The molecule has 3 aromatic carbocycles. The molecule has 3 rings (SSSR count). The van der Waals surface area contributed by atoms with Crippen molar-refractivity contribution in [2.24, 2.45) is 0 Å². The molecule has 0 aliphatic carbocycles. The topological polar surface area (TPSA) is 30.5 Å². The molecule has 0 heterocycles.